The van der Waals surface area contributed by atoms with Gasteiger partial charge in [0.05, 0.1) is 0 Å². The normalized spacial score (nSPS) is 37.9. The minimum Gasteiger partial charge on any atom is -0.462 e. The van der Waals surface area contributed by atoms with Gasteiger partial charge < -0.3 is 4.74 Å². The molecule has 0 saturated heterocycles. The van der Waals surface area contributed by atoms with Crippen molar-refractivity contribution < 1.29 is 9.53 Å². The van der Waals surface area contributed by atoms with E-state index in [1.165, 1.54) is 77.0 Å². The van der Waals surface area contributed by atoms with Crippen molar-refractivity contribution >= 4 is 5.97 Å². The van der Waals surface area contributed by atoms with Crippen LogP contribution in [0.3, 0.4) is 0 Å². The van der Waals surface area contributed by atoms with Gasteiger partial charge in [-0.1, -0.05) is 98.1 Å². The van der Waals surface area contributed by atoms with Crippen LogP contribution in [0.1, 0.15) is 151 Å². The first-order chi connectivity index (χ1) is 17.7. The Morgan fingerprint density at radius 3 is 2.49 bits per heavy atom. The highest BCUT2D eigenvalue weighted by molar-refractivity contribution is 5.69. The molecular weight excluding hydrogens is 453 g/mol. The van der Waals surface area contributed by atoms with Crippen molar-refractivity contribution in [3.63, 3.8) is 0 Å². The molecule has 2 heteroatoms. The van der Waals surface area contributed by atoms with Crippen molar-refractivity contribution in [2.24, 2.45) is 46.3 Å². The second-order valence-corrected chi connectivity index (χ2v) is 14.8. The van der Waals surface area contributed by atoms with E-state index in [0.717, 1.165) is 61.2 Å². The number of esters is 1. The molecule has 37 heavy (non-hydrogen) atoms. The topological polar surface area (TPSA) is 26.3 Å². The third-order valence-corrected chi connectivity index (χ3v) is 12.0. The van der Waals surface area contributed by atoms with E-state index in [4.69, 9.17) is 4.74 Å². The van der Waals surface area contributed by atoms with Crippen molar-refractivity contribution in [2.45, 2.75) is 157 Å². The SMILES string of the molecule is CCCCCCC[13C](=O)OC1CC[C@@]2(C)C(=CCC3C2CC[C@@]2(C)C3CC[C@@H]2[C@H](C)CCCC(C)C)C1. The second kappa shape index (κ2) is 12.6. The highest BCUT2D eigenvalue weighted by atomic mass is 16.6. The summed E-state index contributed by atoms with van der Waals surface area (Å²) in [5.41, 5.74) is 2.54. The first-order valence-corrected chi connectivity index (χ1v) is 16.6. The van der Waals surface area contributed by atoms with Crippen LogP contribution in [0.5, 0.6) is 0 Å². The smallest absolute Gasteiger partial charge is 0.306 e. The summed E-state index contributed by atoms with van der Waals surface area (Å²) in [5.74, 6) is 5.34. The van der Waals surface area contributed by atoms with Crippen LogP contribution in [0, 0.1) is 46.3 Å². The van der Waals surface area contributed by atoms with E-state index in [9.17, 15) is 4.79 Å². The van der Waals surface area contributed by atoms with E-state index in [2.05, 4.69) is 47.6 Å². The van der Waals surface area contributed by atoms with E-state index in [1.54, 1.807) is 5.57 Å². The molecule has 4 unspecified atom stereocenters. The van der Waals surface area contributed by atoms with Gasteiger partial charge in [-0.05, 0) is 97.7 Å². The van der Waals surface area contributed by atoms with Gasteiger partial charge in [0.2, 0.25) is 0 Å². The molecule has 0 aromatic heterocycles. The zero-order chi connectivity index (χ0) is 26.6. The van der Waals surface area contributed by atoms with Crippen molar-refractivity contribution in [1.29, 1.82) is 0 Å². The van der Waals surface area contributed by atoms with Gasteiger partial charge in [-0.2, -0.15) is 0 Å². The largest absolute Gasteiger partial charge is 0.462 e. The van der Waals surface area contributed by atoms with Crippen LogP contribution in [0.15, 0.2) is 11.6 Å². The molecule has 0 heterocycles. The zero-order valence-corrected chi connectivity index (χ0v) is 25.5. The van der Waals surface area contributed by atoms with E-state index < -0.39 is 0 Å². The summed E-state index contributed by atoms with van der Waals surface area (Å²) in [5, 5.41) is 0. The van der Waals surface area contributed by atoms with Crippen LogP contribution < -0.4 is 0 Å². The number of fused-ring (bicyclic) bond motifs is 5. The summed E-state index contributed by atoms with van der Waals surface area (Å²) >= 11 is 0. The minimum atomic E-state index is 0.0485. The van der Waals surface area contributed by atoms with Crippen LogP contribution in [0.25, 0.3) is 0 Å². The Morgan fingerprint density at radius 2 is 1.73 bits per heavy atom. The molecule has 0 spiro atoms. The fourth-order valence-corrected chi connectivity index (χ4v) is 9.87. The molecule has 4 aliphatic rings. The Labute approximate surface area is 230 Å². The highest BCUT2D eigenvalue weighted by Crippen LogP contribution is 2.67. The summed E-state index contributed by atoms with van der Waals surface area (Å²) in [7, 11) is 0. The van der Waals surface area contributed by atoms with Gasteiger partial charge in [-0.25, -0.2) is 0 Å². The van der Waals surface area contributed by atoms with Crippen molar-refractivity contribution in [3.8, 4) is 0 Å². The average Bonchev–Trinajstić information content (AvgIpc) is 3.21. The number of unbranched alkanes of at least 4 members (excludes halogenated alkanes) is 4. The Kier molecular flexibility index (Phi) is 9.94. The van der Waals surface area contributed by atoms with Gasteiger partial charge in [0, 0.05) is 12.8 Å². The molecule has 0 aromatic rings. The van der Waals surface area contributed by atoms with E-state index in [1.807, 2.05) is 0 Å². The maximum absolute atomic E-state index is 12.5. The van der Waals surface area contributed by atoms with Gasteiger partial charge in [-0.15, -0.1) is 0 Å². The molecule has 3 saturated carbocycles. The lowest BCUT2D eigenvalue weighted by molar-refractivity contribution is -0.151. The molecule has 0 aromatic carbocycles. The summed E-state index contributed by atoms with van der Waals surface area (Å²) in [6.07, 6.45) is 23.9. The lowest BCUT2D eigenvalue weighted by atomic mass is 9.47. The summed E-state index contributed by atoms with van der Waals surface area (Å²) in [6, 6.07) is 0. The Hall–Kier alpha value is -0.790. The van der Waals surface area contributed by atoms with Gasteiger partial charge in [-0.3, -0.25) is 4.79 Å². The van der Waals surface area contributed by atoms with Gasteiger partial charge in [0.25, 0.3) is 0 Å². The number of hydrogen-bond acceptors (Lipinski definition) is 2. The molecule has 0 aliphatic heterocycles. The van der Waals surface area contributed by atoms with Crippen molar-refractivity contribution in [2.75, 3.05) is 0 Å². The van der Waals surface area contributed by atoms with Gasteiger partial charge in [0.1, 0.15) is 6.10 Å². The molecule has 0 radical (unpaired) electrons. The third-order valence-electron chi connectivity index (χ3n) is 12.0. The predicted octanol–water partition coefficient (Wildman–Crippen LogP) is 10.3. The molecule has 0 N–H and O–H groups in total. The molecule has 4 rings (SSSR count). The highest BCUT2D eigenvalue weighted by Gasteiger charge is 2.59. The Bertz CT molecular complexity index is 782. The zero-order valence-electron chi connectivity index (χ0n) is 25.5. The van der Waals surface area contributed by atoms with Gasteiger partial charge in [0.15, 0.2) is 0 Å². The molecule has 0 bridgehead atoms. The molecule has 3 fully saturated rings. The van der Waals surface area contributed by atoms with Crippen LogP contribution >= 0.6 is 0 Å². The first-order valence-electron chi connectivity index (χ1n) is 16.6. The lowest BCUT2D eigenvalue weighted by Crippen LogP contribution is -2.51. The fourth-order valence-electron chi connectivity index (χ4n) is 9.87. The number of hydrogen-bond donors (Lipinski definition) is 0. The van der Waals surface area contributed by atoms with E-state index in [0.29, 0.717) is 17.3 Å². The number of rotatable bonds is 12. The predicted molar refractivity (Wildman–Crippen MR) is 156 cm³/mol. The second-order valence-electron chi connectivity index (χ2n) is 14.8. The van der Waals surface area contributed by atoms with Crippen molar-refractivity contribution in [3.05, 3.63) is 11.6 Å². The third kappa shape index (κ3) is 6.35. The maximum atomic E-state index is 12.5. The summed E-state index contributed by atoms with van der Waals surface area (Å²) in [4.78, 5) is 12.5. The maximum Gasteiger partial charge on any atom is 0.306 e. The van der Waals surface area contributed by atoms with E-state index >= 15 is 0 Å². The molecule has 0 amide bonds. The van der Waals surface area contributed by atoms with Gasteiger partial charge >= 0.3 is 5.97 Å². The Morgan fingerprint density at radius 1 is 0.946 bits per heavy atom. The molecular formula is C35H60O2. The number of ether oxygens (including phenoxy) is 1. The standard InChI is InChI=1S/C35H60O2/c1-7-8-9-10-11-15-33(36)37-28-20-22-34(5)27(24-28)16-17-29-31-19-18-30(26(4)14-12-13-25(2)3)35(31,6)23-21-32(29)34/h16,25-26,28-32H,7-15,17-24H2,1-6H3/t26-,28?,29?,30-,31?,32?,34+,35-/m1/s1/i33+1. The molecule has 212 valence electrons. The number of carbonyl (C=O) groups is 1. The molecule has 4 aliphatic carbocycles. The van der Waals surface area contributed by atoms with E-state index in [-0.39, 0.29) is 12.1 Å². The van der Waals surface area contributed by atoms with Crippen LogP contribution in [0.2, 0.25) is 0 Å². The number of carbonyl (C=O) groups excluding carboxylic acids is 1. The minimum absolute atomic E-state index is 0.0485. The Balaban J connectivity index is 1.34. The van der Waals surface area contributed by atoms with Crippen molar-refractivity contribution in [1.82, 2.24) is 0 Å². The molecule has 8 atom stereocenters. The van der Waals surface area contributed by atoms with Crippen LogP contribution in [0.4, 0.5) is 0 Å². The van der Waals surface area contributed by atoms with Crippen LogP contribution in [-0.2, 0) is 9.53 Å². The first kappa shape index (κ1) is 29.2. The van der Waals surface area contributed by atoms with Crippen LogP contribution in [-0.4, -0.2) is 12.1 Å². The quantitative estimate of drug-likeness (QED) is 0.112. The fraction of sp³-hybridized carbons (Fsp3) is 0.914. The molecule has 2 nitrogen and oxygen atoms in total. The summed E-state index contributed by atoms with van der Waals surface area (Å²) < 4.78 is 6.02. The summed E-state index contributed by atoms with van der Waals surface area (Å²) in [6.45, 7) is 14.9. The number of allylic oxidation sites excluding steroid dienone is 1. The monoisotopic (exact) mass is 513 g/mol. The lowest BCUT2D eigenvalue weighted by Gasteiger charge is -2.58. The average molecular weight is 514 g/mol.